The van der Waals surface area contributed by atoms with Crippen LogP contribution < -0.4 is 9.64 Å². The molecule has 5 fully saturated rings. The van der Waals surface area contributed by atoms with Crippen LogP contribution in [0.2, 0.25) is 0 Å². The van der Waals surface area contributed by atoms with E-state index in [2.05, 4.69) is 30.8 Å². The van der Waals surface area contributed by atoms with Crippen LogP contribution in [-0.4, -0.2) is 116 Å². The molecule has 4 atom stereocenters. The van der Waals surface area contributed by atoms with Crippen LogP contribution >= 0.6 is 0 Å². The SMILES string of the molecule is C#Cc1c(F)ccc2cccc(-c3ncc4c(N5C[C@H]6CC[C@@H](C5)N6C(=O)OC(C)(C)C)nc(OC[C@@]56CCCN5C[C@H](OCc5cccc(S(=O)(=O)n7cnc(C8CC8)n7)c5)C6)nc4c3F)c12. The molecule has 7 heterocycles. The Morgan fingerprint density at radius 1 is 0.985 bits per heavy atom. The highest BCUT2D eigenvalue weighted by molar-refractivity contribution is 7.89. The summed E-state index contributed by atoms with van der Waals surface area (Å²) in [6.45, 7) is 8.28. The van der Waals surface area contributed by atoms with Gasteiger partial charge in [0.1, 0.15) is 41.4 Å². The van der Waals surface area contributed by atoms with Gasteiger partial charge in [0.15, 0.2) is 11.6 Å². The van der Waals surface area contributed by atoms with Crippen LogP contribution in [0.15, 0.2) is 72.0 Å². The number of amides is 1. The molecule has 3 aromatic heterocycles. The minimum Gasteiger partial charge on any atom is -0.461 e. The lowest BCUT2D eigenvalue weighted by Gasteiger charge is -2.42. The molecule has 1 saturated carbocycles. The van der Waals surface area contributed by atoms with Crippen molar-refractivity contribution < 1.29 is 36.2 Å². The number of hydrogen-bond donors (Lipinski definition) is 0. The number of hydrogen-bond acceptors (Lipinski definition) is 13. The van der Waals surface area contributed by atoms with Crippen LogP contribution in [0.4, 0.5) is 19.4 Å². The Balaban J connectivity index is 0.876. The molecule has 0 spiro atoms. The number of anilines is 1. The summed E-state index contributed by atoms with van der Waals surface area (Å²) in [6.07, 6.45) is 14.0. The van der Waals surface area contributed by atoms with E-state index in [9.17, 15) is 13.2 Å². The van der Waals surface area contributed by atoms with Crippen LogP contribution in [0, 0.1) is 24.0 Å². The van der Waals surface area contributed by atoms with Crippen molar-refractivity contribution in [3.05, 3.63) is 95.7 Å². The summed E-state index contributed by atoms with van der Waals surface area (Å²) in [4.78, 5) is 38.4. The number of piperazine rings is 1. The number of ether oxygens (including phenoxy) is 3. The van der Waals surface area contributed by atoms with Crippen LogP contribution in [0.5, 0.6) is 6.01 Å². The van der Waals surface area contributed by atoms with Gasteiger partial charge in [0.05, 0.1) is 46.2 Å². The minimum absolute atomic E-state index is 0.0102. The number of pyridine rings is 1. The molecule has 3 aromatic carbocycles. The van der Waals surface area contributed by atoms with Gasteiger partial charge in [-0.2, -0.15) is 18.4 Å². The van der Waals surface area contributed by atoms with Crippen LogP contribution in [0.25, 0.3) is 32.9 Å². The first-order valence-corrected chi connectivity index (χ1v) is 24.7. The smallest absolute Gasteiger partial charge is 0.410 e. The molecule has 1 amide bonds. The van der Waals surface area contributed by atoms with Gasteiger partial charge in [0, 0.05) is 42.7 Å². The average Bonchev–Trinajstić information content (AvgIpc) is 3.59. The summed E-state index contributed by atoms with van der Waals surface area (Å²) in [5.41, 5.74) is -0.0892. The third-order valence-corrected chi connectivity index (χ3v) is 15.5. The zero-order valence-electron chi connectivity index (χ0n) is 38.1. The quantitative estimate of drug-likeness (QED) is 0.117. The lowest BCUT2D eigenvalue weighted by Crippen LogP contribution is -2.57. The zero-order valence-corrected chi connectivity index (χ0v) is 38.9. The summed E-state index contributed by atoms with van der Waals surface area (Å²) in [6, 6.07) is 14.5. The Morgan fingerprint density at radius 3 is 2.54 bits per heavy atom. The maximum absolute atomic E-state index is 17.4. The molecule has 68 heavy (non-hydrogen) atoms. The predicted octanol–water partition coefficient (Wildman–Crippen LogP) is 7.60. The van der Waals surface area contributed by atoms with Crippen LogP contribution in [0.3, 0.4) is 0 Å². The number of halogens is 2. The molecule has 4 aliphatic heterocycles. The van der Waals surface area contributed by atoms with Gasteiger partial charge < -0.3 is 19.1 Å². The molecule has 15 nitrogen and oxygen atoms in total. The van der Waals surface area contributed by atoms with Gasteiger partial charge in [-0.1, -0.05) is 42.3 Å². The lowest BCUT2D eigenvalue weighted by molar-refractivity contribution is 0.0122. The number of rotatable bonds is 11. The maximum Gasteiger partial charge on any atom is 0.410 e. The fourth-order valence-corrected chi connectivity index (χ4v) is 11.8. The van der Waals surface area contributed by atoms with E-state index in [1.54, 1.807) is 48.7 Å². The lowest BCUT2D eigenvalue weighted by atomic mass is 9.94. The van der Waals surface area contributed by atoms with E-state index in [0.29, 0.717) is 65.0 Å². The molecule has 11 rings (SSSR count). The number of carbonyl (C=O) groups is 1. The zero-order chi connectivity index (χ0) is 47.1. The summed E-state index contributed by atoms with van der Waals surface area (Å²) < 4.78 is 79.2. The Kier molecular flexibility index (Phi) is 10.9. The molecule has 1 aliphatic carbocycles. The van der Waals surface area contributed by atoms with Crippen molar-refractivity contribution in [3.63, 3.8) is 0 Å². The van der Waals surface area contributed by atoms with Crippen molar-refractivity contribution in [2.75, 3.05) is 37.7 Å². The number of aromatic nitrogens is 6. The Labute approximate surface area is 392 Å². The van der Waals surface area contributed by atoms with Crippen molar-refractivity contribution in [3.8, 4) is 29.6 Å². The third kappa shape index (κ3) is 7.97. The van der Waals surface area contributed by atoms with E-state index >= 15 is 8.78 Å². The Hall–Kier alpha value is -6.29. The predicted molar refractivity (Wildman–Crippen MR) is 248 cm³/mol. The molecule has 0 unspecified atom stereocenters. The molecular weight excluding hydrogens is 893 g/mol. The van der Waals surface area contributed by atoms with E-state index < -0.39 is 32.8 Å². The van der Waals surface area contributed by atoms with E-state index in [0.717, 1.165) is 49.2 Å². The molecule has 0 N–H and O–H groups in total. The summed E-state index contributed by atoms with van der Waals surface area (Å²) in [7, 11) is -3.93. The van der Waals surface area contributed by atoms with Crippen molar-refractivity contribution in [2.24, 2.45) is 0 Å². The fourth-order valence-electron chi connectivity index (χ4n) is 10.7. The highest BCUT2D eigenvalue weighted by atomic mass is 32.2. The molecule has 6 aromatic rings. The van der Waals surface area contributed by atoms with Crippen molar-refractivity contribution >= 4 is 43.6 Å². The van der Waals surface area contributed by atoms with Gasteiger partial charge in [-0.05, 0) is 101 Å². The van der Waals surface area contributed by atoms with E-state index in [4.69, 9.17) is 30.6 Å². The van der Waals surface area contributed by atoms with Crippen molar-refractivity contribution in [1.82, 2.24) is 38.9 Å². The molecule has 5 aliphatic rings. The first-order chi connectivity index (χ1) is 32.7. The topological polar surface area (TPSA) is 158 Å². The molecule has 18 heteroatoms. The highest BCUT2D eigenvalue weighted by Gasteiger charge is 2.50. The van der Waals surface area contributed by atoms with Gasteiger partial charge in [0.25, 0.3) is 10.0 Å². The molecule has 4 saturated heterocycles. The Morgan fingerprint density at radius 2 is 1.78 bits per heavy atom. The maximum atomic E-state index is 17.4. The van der Waals surface area contributed by atoms with E-state index in [-0.39, 0.29) is 71.1 Å². The summed E-state index contributed by atoms with van der Waals surface area (Å²) >= 11 is 0. The molecule has 352 valence electrons. The molecule has 2 bridgehead atoms. The third-order valence-electron chi connectivity index (χ3n) is 14.0. The second kappa shape index (κ2) is 16.7. The van der Waals surface area contributed by atoms with Crippen LogP contribution in [0.1, 0.15) is 88.6 Å². The standard InChI is InChI=1S/C50H51F2N9O6S/c1-5-37-40(51)18-15-31-10-7-12-38(41(31)37)43-42(52)44-39(23-53-43)46(58-24-33-16-17-34(25-58)61(33)48(62)67-49(2,3)4)56-47(55-44)66-28-50-19-8-20-59(50)26-35(22-50)65-27-30-9-6-11-36(21-30)68(63,64)60-29-54-45(57-60)32-13-14-32/h1,6-7,9-12,15,18,21,23,29,32-35H,8,13-14,16-17,19-20,22,24-28H2,2-4H3/t33-,34+,35-,50+/m1/s1. The summed E-state index contributed by atoms with van der Waals surface area (Å²) in [5.74, 6) is 2.33. The largest absolute Gasteiger partial charge is 0.461 e. The average molecular weight is 944 g/mol. The van der Waals surface area contributed by atoms with Crippen molar-refractivity contribution in [2.45, 2.75) is 112 Å². The van der Waals surface area contributed by atoms with Gasteiger partial charge in [-0.15, -0.1) is 15.6 Å². The van der Waals surface area contributed by atoms with Gasteiger partial charge in [0.2, 0.25) is 0 Å². The van der Waals surface area contributed by atoms with Gasteiger partial charge in [-0.25, -0.2) is 18.6 Å². The summed E-state index contributed by atoms with van der Waals surface area (Å²) in [5, 5.41) is 5.61. The number of carbonyl (C=O) groups excluding carboxylic acids is 1. The monoisotopic (exact) mass is 943 g/mol. The number of nitrogens with zero attached hydrogens (tertiary/aromatic N) is 9. The van der Waals surface area contributed by atoms with Gasteiger partial charge >= 0.3 is 12.1 Å². The van der Waals surface area contributed by atoms with Crippen molar-refractivity contribution in [1.29, 1.82) is 0 Å². The Bertz CT molecular complexity index is 3140. The molecule has 0 radical (unpaired) electrons. The highest BCUT2D eigenvalue weighted by Crippen LogP contribution is 2.43. The second-order valence-electron chi connectivity index (χ2n) is 19.8. The minimum atomic E-state index is -3.93. The first-order valence-electron chi connectivity index (χ1n) is 23.2. The number of terminal acetylenes is 1. The van der Waals surface area contributed by atoms with Gasteiger partial charge in [-0.3, -0.25) is 14.8 Å². The molecular formula is C50H51F2N9O6S. The second-order valence-corrected chi connectivity index (χ2v) is 21.6. The van der Waals surface area contributed by atoms with Crippen LogP contribution in [-0.2, 0) is 26.1 Å². The first kappa shape index (κ1) is 44.2. The van der Waals surface area contributed by atoms with E-state index in [1.165, 1.54) is 12.4 Å². The number of fused-ring (bicyclic) bond motifs is 5. The van der Waals surface area contributed by atoms with E-state index in [1.807, 2.05) is 31.7 Å². The normalized spacial score (nSPS) is 22.8. The fraction of sp³-hybridized carbons (Fsp3) is 0.440. The number of benzene rings is 3.